The molecule has 0 aliphatic carbocycles. The molecule has 0 radical (unpaired) electrons. The van der Waals surface area contributed by atoms with E-state index >= 15 is 0 Å². The minimum absolute atomic E-state index is 0.167. The highest BCUT2D eigenvalue weighted by Crippen LogP contribution is 2.36. The van der Waals surface area contributed by atoms with Gasteiger partial charge in [0.25, 0.3) is 0 Å². The monoisotopic (exact) mass is 315 g/mol. The molecule has 1 unspecified atom stereocenters. The Morgan fingerprint density at radius 3 is 1.70 bits per heavy atom. The van der Waals surface area contributed by atoms with Crippen LogP contribution in [-0.4, -0.2) is 9.79 Å². The van der Waals surface area contributed by atoms with E-state index in [-0.39, 0.29) is 5.75 Å². The largest absolute Gasteiger partial charge is 0.542 e. The van der Waals surface area contributed by atoms with E-state index in [0.717, 1.165) is 0 Å². The minimum Gasteiger partial charge on any atom is -0.404 e. The van der Waals surface area contributed by atoms with Gasteiger partial charge in [-0.3, -0.25) is 14.3 Å². The van der Waals surface area contributed by atoms with Crippen molar-refractivity contribution < 1.29 is 28.0 Å². The van der Waals surface area contributed by atoms with E-state index in [1.165, 1.54) is 12.1 Å². The highest BCUT2D eigenvalue weighted by molar-refractivity contribution is 7.46. The second kappa shape index (κ2) is 8.46. The van der Waals surface area contributed by atoms with E-state index in [0.29, 0.717) is 5.75 Å². The predicted octanol–water partition coefficient (Wildman–Crippen LogP) is 3.16. The Bertz CT molecular complexity index is 555. The maximum Gasteiger partial charge on any atom is 0.542 e. The van der Waals surface area contributed by atoms with Crippen LogP contribution in [0, 0.1) is 0 Å². The first-order valence-electron chi connectivity index (χ1n) is 5.40. The van der Waals surface area contributed by atoms with E-state index in [1.54, 1.807) is 30.3 Å². The molecule has 20 heavy (non-hydrogen) atoms. The summed E-state index contributed by atoms with van der Waals surface area (Å²) in [5.41, 5.74) is 0. The van der Waals surface area contributed by atoms with Crippen molar-refractivity contribution in [1.82, 2.24) is 0 Å². The lowest BCUT2D eigenvalue weighted by molar-refractivity contribution is 0.283. The van der Waals surface area contributed by atoms with Crippen molar-refractivity contribution in [3.8, 4) is 11.5 Å². The average molecular weight is 315 g/mol. The molecule has 2 rings (SSSR count). The quantitative estimate of drug-likeness (QED) is 0.842. The molecule has 0 amide bonds. The molecule has 0 aliphatic rings. The maximum atomic E-state index is 10.3. The van der Waals surface area contributed by atoms with Gasteiger partial charge in [0.1, 0.15) is 5.75 Å². The van der Waals surface area contributed by atoms with Gasteiger partial charge >= 0.3 is 16.5 Å². The summed E-state index contributed by atoms with van der Waals surface area (Å²) in [6.07, 6.45) is 0. The van der Waals surface area contributed by atoms with Gasteiger partial charge in [0.15, 0.2) is 5.75 Å². The van der Waals surface area contributed by atoms with Crippen LogP contribution in [0.25, 0.3) is 0 Å². The Kier molecular flexibility index (Phi) is 6.91. The lowest BCUT2D eigenvalue weighted by Crippen LogP contribution is -1.88. The Morgan fingerprint density at radius 1 is 0.850 bits per heavy atom. The van der Waals surface area contributed by atoms with Gasteiger partial charge in [-0.1, -0.05) is 36.4 Å². The van der Waals surface area contributed by atoms with Crippen LogP contribution in [0.3, 0.4) is 0 Å². The second-order valence-corrected chi connectivity index (χ2v) is 4.93. The molecule has 0 fully saturated rings. The van der Waals surface area contributed by atoms with Crippen molar-refractivity contribution in [3.05, 3.63) is 60.7 Å². The van der Waals surface area contributed by atoms with Crippen molar-refractivity contribution in [1.29, 1.82) is 0 Å². The van der Waals surface area contributed by atoms with Gasteiger partial charge in [0, 0.05) is 0 Å². The molecular weight excluding hydrogens is 302 g/mol. The molecule has 8 heteroatoms. The van der Waals surface area contributed by atoms with Gasteiger partial charge in [-0.25, -0.2) is 4.57 Å². The molecule has 2 aromatic rings. The van der Waals surface area contributed by atoms with E-state index in [1.807, 2.05) is 18.2 Å². The molecule has 6 nitrogen and oxygen atoms in total. The molecule has 0 aromatic heterocycles. The fraction of sp³-hybridized carbons (Fsp3) is 0. The van der Waals surface area contributed by atoms with E-state index < -0.39 is 16.5 Å². The summed E-state index contributed by atoms with van der Waals surface area (Å²) >= 11 is 0. The second-order valence-electron chi connectivity index (χ2n) is 3.39. The normalized spacial score (nSPS) is 10.3. The van der Waals surface area contributed by atoms with Crippen LogP contribution >= 0.6 is 16.5 Å². The Balaban J connectivity index is 0.000000204. The molecule has 0 saturated carbocycles. The Labute approximate surface area is 117 Å². The lowest BCUT2D eigenvalue weighted by atomic mass is 10.3. The molecule has 106 valence electrons. The van der Waals surface area contributed by atoms with Crippen LogP contribution in [0.1, 0.15) is 0 Å². The topological polar surface area (TPSA) is 93.1 Å². The molecule has 2 N–H and O–H groups in total. The summed E-state index contributed by atoms with van der Waals surface area (Å²) in [7, 11) is -5.10. The Morgan fingerprint density at radius 2 is 1.30 bits per heavy atom. The van der Waals surface area contributed by atoms with Gasteiger partial charge in [0.2, 0.25) is 0 Å². The van der Waals surface area contributed by atoms with Crippen LogP contribution < -0.4 is 9.05 Å². The molecule has 0 heterocycles. The highest BCUT2D eigenvalue weighted by Gasteiger charge is 2.14. The summed E-state index contributed by atoms with van der Waals surface area (Å²) in [6, 6.07) is 17.0. The lowest BCUT2D eigenvalue weighted by Gasteiger charge is -2.04. The highest BCUT2D eigenvalue weighted by atomic mass is 31.2. The van der Waals surface area contributed by atoms with Crippen molar-refractivity contribution in [2.24, 2.45) is 0 Å². The fourth-order valence-electron chi connectivity index (χ4n) is 1.16. The van der Waals surface area contributed by atoms with Gasteiger partial charge in [-0.05, 0) is 28.8 Å². The summed E-state index contributed by atoms with van der Waals surface area (Å²) in [6.45, 7) is 0. The van der Waals surface area contributed by atoms with Crippen molar-refractivity contribution in [3.63, 3.8) is 0 Å². The minimum atomic E-state index is -4.39. The number of hydrogen-bond donors (Lipinski definition) is 2. The van der Waals surface area contributed by atoms with Crippen LogP contribution in [0.4, 0.5) is 0 Å². The van der Waals surface area contributed by atoms with Crippen LogP contribution in [0.5, 0.6) is 11.5 Å². The number of phosphoric ester groups is 1. The first-order chi connectivity index (χ1) is 9.51. The summed E-state index contributed by atoms with van der Waals surface area (Å²) in [5.74, 6) is 0.812. The summed E-state index contributed by atoms with van der Waals surface area (Å²) in [5, 5.41) is 0. The number of para-hydroxylation sites is 2. The SMILES string of the molecule is O=P(O)(O)Oc1ccccc1.O=[PH+]Oc1ccccc1. The molecule has 0 bridgehead atoms. The summed E-state index contributed by atoms with van der Waals surface area (Å²) < 4.78 is 29.1. The Hall–Kier alpha value is -1.71. The molecular formula is C12H13O6P2+. The van der Waals surface area contributed by atoms with Crippen LogP contribution in [0.15, 0.2) is 60.7 Å². The zero-order valence-corrected chi connectivity index (χ0v) is 12.1. The first kappa shape index (κ1) is 16.3. The van der Waals surface area contributed by atoms with E-state index in [2.05, 4.69) is 9.05 Å². The van der Waals surface area contributed by atoms with Crippen molar-refractivity contribution in [2.75, 3.05) is 0 Å². The number of hydrogen-bond acceptors (Lipinski definition) is 4. The van der Waals surface area contributed by atoms with Crippen LogP contribution in [0.2, 0.25) is 0 Å². The van der Waals surface area contributed by atoms with Crippen LogP contribution in [-0.2, 0) is 9.13 Å². The average Bonchev–Trinajstić information content (AvgIpc) is 2.40. The van der Waals surface area contributed by atoms with Crippen molar-refractivity contribution in [2.45, 2.75) is 0 Å². The fourth-order valence-corrected chi connectivity index (χ4v) is 1.78. The van der Waals surface area contributed by atoms with Gasteiger partial charge < -0.3 is 4.52 Å². The smallest absolute Gasteiger partial charge is 0.404 e. The zero-order chi connectivity index (χ0) is 14.8. The van der Waals surface area contributed by atoms with Gasteiger partial charge in [-0.2, -0.15) is 0 Å². The standard InChI is InChI=1S/C6H7O4P.C6H6O2P/c7-11(8,9)10-6-4-2-1-3-5-6;7-9-8-6-4-2-1-3-5-6/h1-5H,(H2,7,8,9);1-5,9H/q;+1. The third-order valence-corrected chi connectivity index (χ3v) is 2.64. The van der Waals surface area contributed by atoms with E-state index in [9.17, 15) is 9.13 Å². The third-order valence-electron chi connectivity index (χ3n) is 1.87. The van der Waals surface area contributed by atoms with Gasteiger partial charge in [0.05, 0.1) is 0 Å². The predicted molar refractivity (Wildman–Crippen MR) is 75.2 cm³/mol. The number of benzene rings is 2. The molecule has 2 aromatic carbocycles. The molecule has 0 spiro atoms. The van der Waals surface area contributed by atoms with Crippen molar-refractivity contribution >= 4 is 16.5 Å². The van der Waals surface area contributed by atoms with Gasteiger partial charge in [-0.15, -0.1) is 0 Å². The maximum absolute atomic E-state index is 10.3. The molecule has 1 atom stereocenters. The molecule has 0 saturated heterocycles. The van der Waals surface area contributed by atoms with E-state index in [4.69, 9.17) is 9.79 Å². The summed E-state index contributed by atoms with van der Waals surface area (Å²) in [4.78, 5) is 16.7. The molecule has 0 aliphatic heterocycles. The number of phosphoric acid groups is 1. The third kappa shape index (κ3) is 7.67. The number of rotatable bonds is 4. The first-order valence-corrected chi connectivity index (χ1v) is 7.75. The zero-order valence-electron chi connectivity index (χ0n) is 10.2.